The maximum atomic E-state index is 12.7. The number of aryl methyl sites for hydroxylation is 1. The monoisotopic (exact) mass is 431 g/mol. The van der Waals surface area contributed by atoms with Gasteiger partial charge < -0.3 is 14.6 Å². The van der Waals surface area contributed by atoms with E-state index in [4.69, 9.17) is 9.26 Å². The molecule has 0 atom stereocenters. The van der Waals surface area contributed by atoms with Crippen LogP contribution in [0.3, 0.4) is 0 Å². The Morgan fingerprint density at radius 1 is 1.06 bits per heavy atom. The number of amides is 1. The fourth-order valence-electron chi connectivity index (χ4n) is 3.33. The zero-order valence-corrected chi connectivity index (χ0v) is 17.6. The van der Waals surface area contributed by atoms with E-state index in [9.17, 15) is 14.4 Å². The Morgan fingerprint density at radius 2 is 1.84 bits per heavy atom. The lowest BCUT2D eigenvalue weighted by Crippen LogP contribution is -2.17. The van der Waals surface area contributed by atoms with Crippen LogP contribution in [-0.2, 0) is 22.6 Å². The molecule has 32 heavy (non-hydrogen) atoms. The van der Waals surface area contributed by atoms with Gasteiger partial charge in [0, 0.05) is 17.8 Å². The van der Waals surface area contributed by atoms with Crippen LogP contribution in [0, 0.1) is 13.8 Å². The van der Waals surface area contributed by atoms with Crippen molar-refractivity contribution in [3.63, 3.8) is 0 Å². The van der Waals surface area contributed by atoms with Crippen molar-refractivity contribution in [2.75, 3.05) is 5.32 Å². The van der Waals surface area contributed by atoms with E-state index >= 15 is 0 Å². The van der Waals surface area contributed by atoms with Crippen LogP contribution >= 0.6 is 0 Å². The molecule has 2 aromatic carbocycles. The fraction of sp³-hybridized carbons (Fsp3) is 0.167. The van der Waals surface area contributed by atoms with Crippen LogP contribution in [0.4, 0.5) is 5.69 Å². The number of benzene rings is 2. The van der Waals surface area contributed by atoms with E-state index in [2.05, 4.69) is 10.3 Å². The predicted molar refractivity (Wildman–Crippen MR) is 118 cm³/mol. The Bertz CT molecular complexity index is 1360. The Balaban J connectivity index is 1.45. The molecule has 8 heteroatoms. The number of carbonyl (C=O) groups excluding carboxylic acids is 2. The molecule has 0 aliphatic carbocycles. The number of nitrogens with zero attached hydrogens (tertiary/aromatic N) is 2. The van der Waals surface area contributed by atoms with Crippen molar-refractivity contribution in [1.29, 1.82) is 0 Å². The highest BCUT2D eigenvalue weighted by atomic mass is 16.5. The first-order chi connectivity index (χ1) is 15.4. The van der Waals surface area contributed by atoms with Crippen LogP contribution in [0.25, 0.3) is 5.65 Å². The average Bonchev–Trinajstić information content (AvgIpc) is 3.15. The minimum atomic E-state index is -0.577. The first kappa shape index (κ1) is 21.0. The quantitative estimate of drug-likeness (QED) is 0.469. The summed E-state index contributed by atoms with van der Waals surface area (Å²) in [7, 11) is 0. The van der Waals surface area contributed by atoms with E-state index in [1.807, 2.05) is 30.3 Å². The summed E-state index contributed by atoms with van der Waals surface area (Å²) in [4.78, 5) is 41.4. The van der Waals surface area contributed by atoms with Gasteiger partial charge in [-0.2, -0.15) is 0 Å². The SMILES string of the molecule is Cc1cc2nc(COC(=O)c3cccc(NC(=O)Cc4ccccc4)c3C)cc(=O)n2o1. The van der Waals surface area contributed by atoms with Gasteiger partial charge in [0.15, 0.2) is 5.65 Å². The lowest BCUT2D eigenvalue weighted by molar-refractivity contribution is -0.115. The number of carbonyl (C=O) groups is 2. The van der Waals surface area contributed by atoms with Gasteiger partial charge in [-0.15, -0.1) is 4.57 Å². The molecule has 0 fully saturated rings. The number of nitrogens with one attached hydrogen (secondary N) is 1. The fourth-order valence-corrected chi connectivity index (χ4v) is 3.33. The first-order valence-electron chi connectivity index (χ1n) is 10.0. The van der Waals surface area contributed by atoms with E-state index in [1.165, 1.54) is 6.07 Å². The van der Waals surface area contributed by atoms with Crippen molar-refractivity contribution in [3.8, 4) is 0 Å². The summed E-state index contributed by atoms with van der Waals surface area (Å²) < 4.78 is 11.7. The molecular formula is C24H21N3O5. The molecule has 8 nitrogen and oxygen atoms in total. The largest absolute Gasteiger partial charge is 0.456 e. The number of hydrogen-bond donors (Lipinski definition) is 1. The molecule has 0 spiro atoms. The van der Waals surface area contributed by atoms with Gasteiger partial charge in [0.2, 0.25) is 5.91 Å². The smallest absolute Gasteiger partial charge is 0.338 e. The van der Waals surface area contributed by atoms with Crippen LogP contribution in [0.15, 0.2) is 70.0 Å². The first-order valence-corrected chi connectivity index (χ1v) is 10.0. The third-order valence-electron chi connectivity index (χ3n) is 4.91. The molecule has 2 aromatic heterocycles. The van der Waals surface area contributed by atoms with E-state index in [0.29, 0.717) is 33.9 Å². The molecule has 0 unspecified atom stereocenters. The molecular weight excluding hydrogens is 410 g/mol. The molecule has 2 heterocycles. The summed E-state index contributed by atoms with van der Waals surface area (Å²) in [6.07, 6.45) is 0.228. The van der Waals surface area contributed by atoms with Gasteiger partial charge in [0.1, 0.15) is 12.4 Å². The summed E-state index contributed by atoms with van der Waals surface area (Å²) in [5.41, 5.74) is 2.61. The predicted octanol–water partition coefficient (Wildman–Crippen LogP) is 3.44. The molecule has 0 aliphatic rings. The van der Waals surface area contributed by atoms with Gasteiger partial charge in [0.05, 0.1) is 17.7 Å². The maximum absolute atomic E-state index is 12.7. The molecule has 1 N–H and O–H groups in total. The minimum absolute atomic E-state index is 0.168. The highest BCUT2D eigenvalue weighted by Crippen LogP contribution is 2.20. The van der Waals surface area contributed by atoms with Gasteiger partial charge in [-0.25, -0.2) is 9.78 Å². The van der Waals surface area contributed by atoms with Gasteiger partial charge in [0.25, 0.3) is 5.56 Å². The van der Waals surface area contributed by atoms with Crippen molar-refractivity contribution in [2.45, 2.75) is 26.9 Å². The van der Waals surface area contributed by atoms with Crippen LogP contribution in [0.5, 0.6) is 0 Å². The number of ether oxygens (including phenoxy) is 1. The second kappa shape index (κ2) is 8.89. The summed E-state index contributed by atoms with van der Waals surface area (Å²) in [6, 6.07) is 17.3. The molecule has 4 rings (SSSR count). The van der Waals surface area contributed by atoms with Crippen molar-refractivity contribution < 1.29 is 18.8 Å². The summed E-state index contributed by atoms with van der Waals surface area (Å²) in [5.74, 6) is -0.212. The minimum Gasteiger partial charge on any atom is -0.456 e. The molecule has 0 aliphatic heterocycles. The molecule has 0 radical (unpaired) electrons. The van der Waals surface area contributed by atoms with Crippen LogP contribution < -0.4 is 10.9 Å². The van der Waals surface area contributed by atoms with Crippen molar-refractivity contribution in [1.82, 2.24) is 9.56 Å². The molecule has 0 saturated carbocycles. The van der Waals surface area contributed by atoms with E-state index in [1.54, 1.807) is 38.1 Å². The zero-order chi connectivity index (χ0) is 22.7. The lowest BCUT2D eigenvalue weighted by Gasteiger charge is -2.12. The van der Waals surface area contributed by atoms with E-state index in [-0.39, 0.29) is 18.9 Å². The lowest BCUT2D eigenvalue weighted by atomic mass is 10.1. The summed E-state index contributed by atoms with van der Waals surface area (Å²) in [6.45, 7) is 3.28. The summed E-state index contributed by atoms with van der Waals surface area (Å²) in [5, 5.41) is 2.84. The van der Waals surface area contributed by atoms with Gasteiger partial charge in [-0.05, 0) is 37.1 Å². The normalized spacial score (nSPS) is 10.8. The van der Waals surface area contributed by atoms with Crippen molar-refractivity contribution in [3.05, 3.63) is 99.2 Å². The molecule has 0 saturated heterocycles. The van der Waals surface area contributed by atoms with Crippen molar-refractivity contribution in [2.24, 2.45) is 0 Å². The highest BCUT2D eigenvalue weighted by Gasteiger charge is 2.16. The Labute approximate surface area is 183 Å². The Kier molecular flexibility index (Phi) is 5.85. The maximum Gasteiger partial charge on any atom is 0.338 e. The number of aromatic nitrogens is 2. The van der Waals surface area contributed by atoms with Gasteiger partial charge in [-0.1, -0.05) is 36.4 Å². The highest BCUT2D eigenvalue weighted by molar-refractivity contribution is 5.97. The number of esters is 1. The average molecular weight is 431 g/mol. The summed E-state index contributed by atoms with van der Waals surface area (Å²) >= 11 is 0. The Morgan fingerprint density at radius 3 is 2.62 bits per heavy atom. The molecule has 0 bridgehead atoms. The topological polar surface area (TPSA) is 103 Å². The van der Waals surface area contributed by atoms with Crippen molar-refractivity contribution >= 4 is 23.2 Å². The second-order valence-corrected chi connectivity index (χ2v) is 7.35. The van der Waals surface area contributed by atoms with Crippen LogP contribution in [0.2, 0.25) is 0 Å². The van der Waals surface area contributed by atoms with Crippen LogP contribution in [-0.4, -0.2) is 21.4 Å². The molecule has 162 valence electrons. The molecule has 4 aromatic rings. The second-order valence-electron chi connectivity index (χ2n) is 7.35. The standard InChI is InChI=1S/C24H21N3O5/c1-15-11-21-25-18(13-23(29)27(21)32-15)14-31-24(30)19-9-6-10-20(16(19)2)26-22(28)12-17-7-4-3-5-8-17/h3-11,13H,12,14H2,1-2H3,(H,26,28). The third kappa shape index (κ3) is 4.59. The van der Waals surface area contributed by atoms with Gasteiger partial charge >= 0.3 is 5.97 Å². The number of rotatable bonds is 6. The number of anilines is 1. The number of fused-ring (bicyclic) bond motifs is 1. The Hall–Kier alpha value is -4.20. The third-order valence-corrected chi connectivity index (χ3v) is 4.91. The number of hydrogen-bond acceptors (Lipinski definition) is 6. The van der Waals surface area contributed by atoms with E-state index in [0.717, 1.165) is 10.1 Å². The van der Waals surface area contributed by atoms with Crippen LogP contribution in [0.1, 0.15) is 32.9 Å². The zero-order valence-electron chi connectivity index (χ0n) is 17.6. The van der Waals surface area contributed by atoms with E-state index < -0.39 is 11.5 Å². The van der Waals surface area contributed by atoms with Gasteiger partial charge in [-0.3, -0.25) is 9.59 Å². The molecule has 1 amide bonds.